The van der Waals surface area contributed by atoms with E-state index in [2.05, 4.69) is 26.0 Å². The quantitative estimate of drug-likeness (QED) is 0.570. The summed E-state index contributed by atoms with van der Waals surface area (Å²) in [5.41, 5.74) is 1.13. The number of hydrogen-bond acceptors (Lipinski definition) is 6. The summed E-state index contributed by atoms with van der Waals surface area (Å²) in [6.45, 7) is 0.126. The first-order valence-corrected chi connectivity index (χ1v) is 8.58. The van der Waals surface area contributed by atoms with Crippen LogP contribution in [0.4, 0.5) is 10.2 Å². The van der Waals surface area contributed by atoms with E-state index in [1.165, 1.54) is 36.0 Å². The first-order chi connectivity index (χ1) is 13.5. The molecule has 0 radical (unpaired) electrons. The fourth-order valence-corrected chi connectivity index (χ4v) is 2.90. The van der Waals surface area contributed by atoms with E-state index in [1.54, 1.807) is 12.3 Å². The van der Waals surface area contributed by atoms with Crippen molar-refractivity contribution >= 4 is 23.3 Å². The number of amides is 2. The molecule has 2 bridgehead atoms. The summed E-state index contributed by atoms with van der Waals surface area (Å²) in [6, 6.07) is 5.71. The van der Waals surface area contributed by atoms with E-state index >= 15 is 0 Å². The molecule has 144 valence electrons. The number of anilines is 1. The Bertz CT molecular complexity index is 1070. The lowest BCUT2D eigenvalue weighted by molar-refractivity contribution is -0.127. The summed E-state index contributed by atoms with van der Waals surface area (Å²) < 4.78 is 21.0. The lowest BCUT2D eigenvalue weighted by Gasteiger charge is -2.20. The van der Waals surface area contributed by atoms with Crippen LogP contribution in [0.25, 0.3) is 5.65 Å². The molecule has 1 aliphatic rings. The molecule has 3 N–H and O–H groups in total. The number of nitrogens with one attached hydrogen (secondary N) is 3. The Balaban J connectivity index is 1.78. The van der Waals surface area contributed by atoms with Gasteiger partial charge in [-0.15, -0.1) is 0 Å². The minimum absolute atomic E-state index is 0.0835. The van der Waals surface area contributed by atoms with Crippen LogP contribution < -0.4 is 20.7 Å². The SMILES string of the molecule is CNC(=O)C1CNC(=O)c2cnn3ccc(nc23)NCc2cc(F)ccc2O1. The fourth-order valence-electron chi connectivity index (χ4n) is 2.90. The molecule has 10 heteroatoms. The van der Waals surface area contributed by atoms with Gasteiger partial charge in [-0.25, -0.2) is 13.9 Å². The molecular formula is C18H17FN6O3. The first-order valence-electron chi connectivity index (χ1n) is 8.58. The lowest BCUT2D eigenvalue weighted by Crippen LogP contribution is -2.45. The van der Waals surface area contributed by atoms with Gasteiger partial charge in [0.1, 0.15) is 22.9 Å². The van der Waals surface area contributed by atoms with Gasteiger partial charge in [0.15, 0.2) is 11.8 Å². The third-order valence-electron chi connectivity index (χ3n) is 4.35. The summed E-state index contributed by atoms with van der Waals surface area (Å²) in [5.74, 6) is -0.466. The van der Waals surface area contributed by atoms with Gasteiger partial charge in [0, 0.05) is 25.4 Å². The molecule has 28 heavy (non-hydrogen) atoms. The molecular weight excluding hydrogens is 367 g/mol. The van der Waals surface area contributed by atoms with Gasteiger partial charge in [-0.1, -0.05) is 0 Å². The second-order valence-corrected chi connectivity index (χ2v) is 6.18. The molecule has 3 heterocycles. The Morgan fingerprint density at radius 1 is 1.36 bits per heavy atom. The van der Waals surface area contributed by atoms with E-state index in [9.17, 15) is 14.0 Å². The molecule has 3 aromatic rings. The van der Waals surface area contributed by atoms with Crippen molar-refractivity contribution < 1.29 is 18.7 Å². The first kappa shape index (κ1) is 17.7. The average Bonchev–Trinajstić information content (AvgIpc) is 3.12. The number of fused-ring (bicyclic) bond motifs is 2. The molecule has 0 spiro atoms. The zero-order chi connectivity index (χ0) is 19.7. The standard InChI is InChI=1S/C18H17FN6O3/c1-20-18(27)14-9-22-17(26)12-8-23-25-5-4-15(24-16(12)25)21-7-10-6-11(19)2-3-13(10)28-14/h2-6,8,14H,7,9H2,1H3,(H,20,27)(H,21,24)(H,22,26). The number of nitrogens with zero attached hydrogens (tertiary/aromatic N) is 3. The van der Waals surface area contributed by atoms with Crippen LogP contribution in [-0.2, 0) is 11.3 Å². The van der Waals surface area contributed by atoms with Gasteiger partial charge in [0.05, 0.1) is 12.7 Å². The Labute approximate surface area is 158 Å². The van der Waals surface area contributed by atoms with E-state index in [0.717, 1.165) is 0 Å². The molecule has 0 saturated heterocycles. The predicted molar refractivity (Wildman–Crippen MR) is 97.5 cm³/mol. The van der Waals surface area contributed by atoms with Crippen molar-refractivity contribution in [1.29, 1.82) is 0 Å². The Hall–Kier alpha value is -3.69. The number of benzene rings is 1. The minimum atomic E-state index is -0.999. The van der Waals surface area contributed by atoms with Crippen molar-refractivity contribution in [3.63, 3.8) is 0 Å². The van der Waals surface area contributed by atoms with Crippen LogP contribution in [-0.4, -0.2) is 46.1 Å². The van der Waals surface area contributed by atoms with E-state index in [1.807, 2.05) is 0 Å². The van der Waals surface area contributed by atoms with Gasteiger partial charge in [-0.2, -0.15) is 5.10 Å². The van der Waals surface area contributed by atoms with Crippen LogP contribution in [0.2, 0.25) is 0 Å². The zero-order valence-electron chi connectivity index (χ0n) is 14.9. The molecule has 9 nitrogen and oxygen atoms in total. The number of aromatic nitrogens is 3. The number of rotatable bonds is 1. The summed E-state index contributed by atoms with van der Waals surface area (Å²) in [4.78, 5) is 29.2. The summed E-state index contributed by atoms with van der Waals surface area (Å²) in [5, 5.41) is 12.4. The largest absolute Gasteiger partial charge is 0.478 e. The van der Waals surface area contributed by atoms with Gasteiger partial charge in [-0.05, 0) is 24.3 Å². The smallest absolute Gasteiger partial charge is 0.262 e. The maximum absolute atomic E-state index is 13.8. The molecule has 1 aromatic carbocycles. The molecule has 0 fully saturated rings. The van der Waals surface area contributed by atoms with E-state index in [0.29, 0.717) is 22.8 Å². The third-order valence-corrected chi connectivity index (χ3v) is 4.35. The molecule has 1 aliphatic heterocycles. The highest BCUT2D eigenvalue weighted by molar-refractivity contribution is 6.00. The molecule has 0 aliphatic carbocycles. The second kappa shape index (κ2) is 7.14. The minimum Gasteiger partial charge on any atom is -0.478 e. The second-order valence-electron chi connectivity index (χ2n) is 6.18. The lowest BCUT2D eigenvalue weighted by atomic mass is 10.2. The van der Waals surface area contributed by atoms with Crippen molar-refractivity contribution in [3.8, 4) is 5.75 Å². The highest BCUT2D eigenvalue weighted by Gasteiger charge is 2.24. The van der Waals surface area contributed by atoms with Gasteiger partial charge >= 0.3 is 0 Å². The Morgan fingerprint density at radius 3 is 3.04 bits per heavy atom. The molecule has 2 aromatic heterocycles. The fraction of sp³-hybridized carbons (Fsp3) is 0.222. The number of hydrogen-bond donors (Lipinski definition) is 3. The van der Waals surface area contributed by atoms with E-state index in [4.69, 9.17) is 4.74 Å². The van der Waals surface area contributed by atoms with Crippen molar-refractivity contribution in [1.82, 2.24) is 25.2 Å². The maximum atomic E-state index is 13.8. The normalized spacial score (nSPS) is 16.6. The van der Waals surface area contributed by atoms with Gasteiger partial charge in [0.25, 0.3) is 11.8 Å². The average molecular weight is 384 g/mol. The van der Waals surface area contributed by atoms with Crippen LogP contribution in [0.15, 0.2) is 36.7 Å². The number of ether oxygens (including phenoxy) is 1. The Morgan fingerprint density at radius 2 is 2.21 bits per heavy atom. The van der Waals surface area contributed by atoms with Crippen LogP contribution >= 0.6 is 0 Å². The summed E-state index contributed by atoms with van der Waals surface area (Å²) >= 11 is 0. The molecule has 1 unspecified atom stereocenters. The van der Waals surface area contributed by atoms with E-state index < -0.39 is 23.7 Å². The number of halogens is 1. The van der Waals surface area contributed by atoms with Crippen LogP contribution in [0.3, 0.4) is 0 Å². The summed E-state index contributed by atoms with van der Waals surface area (Å²) in [6.07, 6.45) is 2.07. The number of carbonyl (C=O) groups is 2. The number of likely N-dealkylation sites (N-methyl/N-ethyl adjacent to an activating group) is 1. The van der Waals surface area contributed by atoms with E-state index in [-0.39, 0.29) is 18.7 Å². The van der Waals surface area contributed by atoms with Crippen LogP contribution in [0.1, 0.15) is 15.9 Å². The topological polar surface area (TPSA) is 110 Å². The molecule has 2 amide bonds. The van der Waals surface area contributed by atoms with Gasteiger partial charge in [0.2, 0.25) is 0 Å². The van der Waals surface area contributed by atoms with Crippen molar-refractivity contribution in [2.24, 2.45) is 0 Å². The maximum Gasteiger partial charge on any atom is 0.262 e. The van der Waals surface area contributed by atoms with Crippen LogP contribution in [0.5, 0.6) is 5.75 Å². The molecule has 4 rings (SSSR count). The molecule has 1 atom stereocenters. The molecule has 0 saturated carbocycles. The van der Waals surface area contributed by atoms with Crippen molar-refractivity contribution in [2.45, 2.75) is 12.6 Å². The highest BCUT2D eigenvalue weighted by atomic mass is 19.1. The summed E-state index contributed by atoms with van der Waals surface area (Å²) in [7, 11) is 1.47. The zero-order valence-corrected chi connectivity index (χ0v) is 14.9. The predicted octanol–water partition coefficient (Wildman–Crippen LogP) is 0.717. The van der Waals surface area contributed by atoms with Crippen molar-refractivity contribution in [3.05, 3.63) is 53.6 Å². The number of carbonyl (C=O) groups excluding carboxylic acids is 2. The van der Waals surface area contributed by atoms with Gasteiger partial charge < -0.3 is 20.7 Å². The Kier molecular flexibility index (Phi) is 4.52. The monoisotopic (exact) mass is 384 g/mol. The van der Waals surface area contributed by atoms with Gasteiger partial charge in [-0.3, -0.25) is 9.59 Å². The highest BCUT2D eigenvalue weighted by Crippen LogP contribution is 2.23. The van der Waals surface area contributed by atoms with Crippen molar-refractivity contribution in [2.75, 3.05) is 18.9 Å². The third kappa shape index (κ3) is 3.31. The van der Waals surface area contributed by atoms with Crippen LogP contribution in [0, 0.1) is 5.82 Å².